The molecule has 0 aliphatic rings. The van der Waals surface area contributed by atoms with E-state index in [4.69, 9.17) is 4.74 Å². The molecule has 1 heterocycles. The van der Waals surface area contributed by atoms with E-state index in [-0.39, 0.29) is 0 Å². The maximum Gasteiger partial charge on any atom is 0.138 e. The predicted octanol–water partition coefficient (Wildman–Crippen LogP) is 1.26. The highest BCUT2D eigenvalue weighted by molar-refractivity contribution is 4.87. The molecule has 0 radical (unpaired) electrons. The lowest BCUT2D eigenvalue weighted by molar-refractivity contribution is 0.0358. The maximum absolute atomic E-state index is 9.80. The average Bonchev–Trinajstić information content (AvgIpc) is 2.65. The zero-order valence-corrected chi connectivity index (χ0v) is 11.0. The third kappa shape index (κ3) is 5.28. The molecule has 0 bridgehead atoms. The summed E-state index contributed by atoms with van der Waals surface area (Å²) in [6.45, 7) is 8.19. The first-order valence-electron chi connectivity index (χ1n) is 6.26. The van der Waals surface area contributed by atoms with Crippen LogP contribution in [0.2, 0.25) is 0 Å². The van der Waals surface area contributed by atoms with Gasteiger partial charge in [-0.2, -0.15) is 5.10 Å². The van der Waals surface area contributed by atoms with Crippen molar-refractivity contribution in [1.29, 1.82) is 0 Å². The summed E-state index contributed by atoms with van der Waals surface area (Å²) in [5.74, 6) is 1.34. The van der Waals surface area contributed by atoms with Crippen LogP contribution < -0.4 is 0 Å². The highest BCUT2D eigenvalue weighted by atomic mass is 16.5. The van der Waals surface area contributed by atoms with Gasteiger partial charge in [0.1, 0.15) is 12.2 Å². The van der Waals surface area contributed by atoms with Gasteiger partial charge >= 0.3 is 0 Å². The van der Waals surface area contributed by atoms with Gasteiger partial charge in [-0.15, -0.1) is 0 Å². The molecule has 5 heteroatoms. The fraction of sp³-hybridized carbons (Fsp3) is 0.833. The van der Waals surface area contributed by atoms with Gasteiger partial charge in [-0.05, 0) is 12.3 Å². The Balaban J connectivity index is 2.41. The minimum atomic E-state index is -0.503. The predicted molar refractivity (Wildman–Crippen MR) is 65.7 cm³/mol. The minimum Gasteiger partial charge on any atom is -0.390 e. The van der Waals surface area contributed by atoms with Crippen LogP contribution in [-0.2, 0) is 17.7 Å². The molecule has 0 aliphatic carbocycles. The van der Waals surface area contributed by atoms with Gasteiger partial charge in [-0.1, -0.05) is 20.8 Å². The summed E-state index contributed by atoms with van der Waals surface area (Å²) in [7, 11) is 0. The molecule has 0 amide bonds. The van der Waals surface area contributed by atoms with E-state index in [0.717, 1.165) is 18.8 Å². The molecule has 0 spiro atoms. The quantitative estimate of drug-likeness (QED) is 0.696. The lowest BCUT2D eigenvalue weighted by atomic mass is 10.2. The molecule has 1 N–H and O–H groups in total. The summed E-state index contributed by atoms with van der Waals surface area (Å²) in [6, 6.07) is 0. The summed E-state index contributed by atoms with van der Waals surface area (Å²) >= 11 is 0. The van der Waals surface area contributed by atoms with Crippen molar-refractivity contribution in [3.8, 4) is 0 Å². The second kappa shape index (κ2) is 7.40. The highest BCUT2D eigenvalue weighted by Gasteiger charge is 2.12. The summed E-state index contributed by atoms with van der Waals surface area (Å²) < 4.78 is 7.16. The van der Waals surface area contributed by atoms with Gasteiger partial charge in [0.05, 0.1) is 12.7 Å². The van der Waals surface area contributed by atoms with Gasteiger partial charge in [-0.25, -0.2) is 9.67 Å². The minimum absolute atomic E-state index is 0.363. The number of hydrogen-bond acceptors (Lipinski definition) is 4. The smallest absolute Gasteiger partial charge is 0.138 e. The van der Waals surface area contributed by atoms with Crippen molar-refractivity contribution < 1.29 is 9.84 Å². The number of ether oxygens (including phenoxy) is 1. The molecule has 1 atom stereocenters. The maximum atomic E-state index is 9.80. The normalized spacial score (nSPS) is 13.2. The zero-order chi connectivity index (χ0) is 12.7. The van der Waals surface area contributed by atoms with Crippen molar-refractivity contribution in [2.24, 2.45) is 5.92 Å². The number of aliphatic hydroxyl groups is 1. The van der Waals surface area contributed by atoms with Crippen molar-refractivity contribution in [2.75, 3.05) is 13.2 Å². The van der Waals surface area contributed by atoms with Crippen LogP contribution in [0.5, 0.6) is 0 Å². The Hall–Kier alpha value is -0.940. The first kappa shape index (κ1) is 14.1. The molecule has 98 valence electrons. The van der Waals surface area contributed by atoms with Crippen LogP contribution in [0.3, 0.4) is 0 Å². The third-order valence-electron chi connectivity index (χ3n) is 2.31. The van der Waals surface area contributed by atoms with Crippen LogP contribution in [0.25, 0.3) is 0 Å². The molecule has 0 saturated heterocycles. The number of rotatable bonds is 8. The second-order valence-corrected chi connectivity index (χ2v) is 4.69. The summed E-state index contributed by atoms with van der Waals surface area (Å²) in [6.07, 6.45) is 2.50. The topological polar surface area (TPSA) is 60.2 Å². The Bertz CT molecular complexity index is 312. The molecular formula is C12H23N3O2. The molecule has 1 aromatic rings. The van der Waals surface area contributed by atoms with Crippen LogP contribution in [0, 0.1) is 5.92 Å². The molecule has 0 aliphatic heterocycles. The Morgan fingerprint density at radius 2 is 2.24 bits per heavy atom. The fourth-order valence-corrected chi connectivity index (χ4v) is 1.58. The van der Waals surface area contributed by atoms with Gasteiger partial charge in [0.2, 0.25) is 0 Å². The second-order valence-electron chi connectivity index (χ2n) is 4.69. The molecule has 0 aromatic carbocycles. The Labute approximate surface area is 103 Å². The van der Waals surface area contributed by atoms with Gasteiger partial charge in [0, 0.05) is 19.6 Å². The van der Waals surface area contributed by atoms with E-state index in [1.165, 1.54) is 6.33 Å². The van der Waals surface area contributed by atoms with Crippen LogP contribution in [0.4, 0.5) is 0 Å². The molecule has 1 unspecified atom stereocenters. The third-order valence-corrected chi connectivity index (χ3v) is 2.31. The average molecular weight is 241 g/mol. The molecule has 1 rings (SSSR count). The van der Waals surface area contributed by atoms with E-state index in [1.54, 1.807) is 0 Å². The number of nitrogens with zero attached hydrogens (tertiary/aromatic N) is 3. The Kier molecular flexibility index (Phi) is 6.15. The summed E-state index contributed by atoms with van der Waals surface area (Å²) in [5.41, 5.74) is 0. The monoisotopic (exact) mass is 241 g/mol. The number of hydrogen-bond donors (Lipinski definition) is 1. The van der Waals surface area contributed by atoms with Gasteiger partial charge in [0.25, 0.3) is 0 Å². The van der Waals surface area contributed by atoms with Crippen molar-refractivity contribution in [2.45, 2.75) is 46.3 Å². The molecule has 0 fully saturated rings. The van der Waals surface area contributed by atoms with Gasteiger partial charge in [-0.3, -0.25) is 0 Å². The van der Waals surface area contributed by atoms with Gasteiger partial charge < -0.3 is 9.84 Å². The number of aromatic nitrogens is 3. The number of aliphatic hydroxyl groups excluding tert-OH is 1. The largest absolute Gasteiger partial charge is 0.390 e. The van der Waals surface area contributed by atoms with E-state index < -0.39 is 6.10 Å². The van der Waals surface area contributed by atoms with Crippen molar-refractivity contribution in [3.05, 3.63) is 12.2 Å². The van der Waals surface area contributed by atoms with E-state index >= 15 is 0 Å². The molecule has 17 heavy (non-hydrogen) atoms. The lowest BCUT2D eigenvalue weighted by Gasteiger charge is -2.12. The first-order valence-corrected chi connectivity index (χ1v) is 6.26. The van der Waals surface area contributed by atoms with Crippen LogP contribution in [0.1, 0.15) is 33.0 Å². The fourth-order valence-electron chi connectivity index (χ4n) is 1.58. The zero-order valence-electron chi connectivity index (χ0n) is 11.0. The molecular weight excluding hydrogens is 218 g/mol. The van der Waals surface area contributed by atoms with E-state index in [9.17, 15) is 5.11 Å². The summed E-state index contributed by atoms with van der Waals surface area (Å²) in [4.78, 5) is 4.17. The van der Waals surface area contributed by atoms with Crippen LogP contribution >= 0.6 is 0 Å². The molecule has 0 saturated carbocycles. The first-order chi connectivity index (χ1) is 8.13. The lowest BCUT2D eigenvalue weighted by Crippen LogP contribution is -2.22. The van der Waals surface area contributed by atoms with E-state index in [1.807, 2.05) is 11.6 Å². The van der Waals surface area contributed by atoms with Crippen LogP contribution in [0.15, 0.2) is 6.33 Å². The van der Waals surface area contributed by atoms with Crippen molar-refractivity contribution >= 4 is 0 Å². The van der Waals surface area contributed by atoms with Crippen LogP contribution in [-0.4, -0.2) is 39.2 Å². The van der Waals surface area contributed by atoms with E-state index in [2.05, 4.69) is 23.9 Å². The van der Waals surface area contributed by atoms with E-state index in [0.29, 0.717) is 25.6 Å². The Morgan fingerprint density at radius 3 is 2.88 bits per heavy atom. The molecule has 1 aromatic heterocycles. The van der Waals surface area contributed by atoms with Crippen molar-refractivity contribution in [1.82, 2.24) is 14.8 Å². The van der Waals surface area contributed by atoms with Crippen molar-refractivity contribution in [3.63, 3.8) is 0 Å². The van der Waals surface area contributed by atoms with Gasteiger partial charge in [0.15, 0.2) is 0 Å². The summed E-state index contributed by atoms with van der Waals surface area (Å²) in [5, 5.41) is 14.0. The highest BCUT2D eigenvalue weighted by Crippen LogP contribution is 2.04. The SMILES string of the molecule is CCCOCC(O)Cc1ncnn1CC(C)C. The molecule has 5 nitrogen and oxygen atoms in total. The Morgan fingerprint density at radius 1 is 1.47 bits per heavy atom. The standard InChI is InChI=1S/C12H23N3O2/c1-4-5-17-8-11(16)6-12-13-9-14-15(12)7-10(2)3/h9-11,16H,4-8H2,1-3H3.